The van der Waals surface area contributed by atoms with Gasteiger partial charge in [-0.3, -0.25) is 20.2 Å². The van der Waals surface area contributed by atoms with Gasteiger partial charge in [0.05, 0.1) is 16.3 Å². The molecule has 0 atom stereocenters. The summed E-state index contributed by atoms with van der Waals surface area (Å²) in [7, 11) is 0. The van der Waals surface area contributed by atoms with Crippen LogP contribution in [-0.4, -0.2) is 15.5 Å². The van der Waals surface area contributed by atoms with E-state index in [1.807, 2.05) is 25.1 Å². The largest absolute Gasteiger partial charge is 0.417 e. The number of pyridine rings is 1. The van der Waals surface area contributed by atoms with Crippen LogP contribution in [0.1, 0.15) is 21.6 Å². The van der Waals surface area contributed by atoms with Crippen LogP contribution in [0.5, 0.6) is 0 Å². The van der Waals surface area contributed by atoms with Gasteiger partial charge in [-0.25, -0.2) is 4.98 Å². The van der Waals surface area contributed by atoms with Crippen LogP contribution in [0.25, 0.3) is 5.82 Å². The maximum atomic E-state index is 12.8. The van der Waals surface area contributed by atoms with Crippen molar-refractivity contribution in [2.45, 2.75) is 13.1 Å². The average Bonchev–Trinajstić information content (AvgIpc) is 3.08. The van der Waals surface area contributed by atoms with Gasteiger partial charge in [0.2, 0.25) is 0 Å². The fourth-order valence-corrected chi connectivity index (χ4v) is 2.69. The summed E-state index contributed by atoms with van der Waals surface area (Å²) >= 11 is 5.96. The Morgan fingerprint density at radius 2 is 1.96 bits per heavy atom. The number of hydrogen-bond donors (Lipinski definition) is 2. The number of rotatable bonds is 4. The zero-order valence-electron chi connectivity index (χ0n) is 14.0. The topological polar surface area (TPSA) is 58.9 Å². The highest BCUT2D eigenvalue weighted by Gasteiger charge is 2.32. The monoisotopic (exact) mass is 394 g/mol. The molecule has 0 saturated carbocycles. The smallest absolute Gasteiger partial charge is 0.298 e. The molecule has 2 N–H and O–H groups in total. The highest BCUT2D eigenvalue weighted by Crippen LogP contribution is 2.32. The molecule has 9 heteroatoms. The molecule has 1 amide bonds. The minimum Gasteiger partial charge on any atom is -0.298 e. The van der Waals surface area contributed by atoms with Gasteiger partial charge in [0.25, 0.3) is 5.91 Å². The fraction of sp³-hybridized carbons (Fsp3) is 0.111. The van der Waals surface area contributed by atoms with Crippen LogP contribution >= 0.6 is 11.6 Å². The lowest BCUT2D eigenvalue weighted by atomic mass is 10.2. The van der Waals surface area contributed by atoms with Crippen LogP contribution in [-0.2, 0) is 6.18 Å². The maximum Gasteiger partial charge on any atom is 0.417 e. The van der Waals surface area contributed by atoms with Crippen LogP contribution in [0.2, 0.25) is 5.02 Å². The first-order chi connectivity index (χ1) is 12.8. The first-order valence-electron chi connectivity index (χ1n) is 7.79. The number of carbonyl (C=O) groups excluding carboxylic acids is 1. The van der Waals surface area contributed by atoms with Crippen molar-refractivity contribution < 1.29 is 18.0 Å². The van der Waals surface area contributed by atoms with Crippen molar-refractivity contribution in [2.24, 2.45) is 0 Å². The number of nitrogens with one attached hydrogen (secondary N) is 2. The fourth-order valence-electron chi connectivity index (χ4n) is 2.43. The van der Waals surface area contributed by atoms with E-state index in [2.05, 4.69) is 15.8 Å². The third-order valence-electron chi connectivity index (χ3n) is 3.70. The first-order valence-corrected chi connectivity index (χ1v) is 8.17. The third-order valence-corrected chi connectivity index (χ3v) is 3.98. The quantitative estimate of drug-likeness (QED) is 0.635. The number of aryl methyl sites for hydroxylation is 1. The van der Waals surface area contributed by atoms with Crippen molar-refractivity contribution in [2.75, 3.05) is 5.43 Å². The van der Waals surface area contributed by atoms with Crippen LogP contribution in [0.3, 0.4) is 0 Å². The minimum absolute atomic E-state index is 0.0235. The molecule has 0 unspecified atom stereocenters. The molecule has 0 aliphatic heterocycles. The molecule has 0 spiro atoms. The molecule has 27 heavy (non-hydrogen) atoms. The lowest BCUT2D eigenvalue weighted by molar-refractivity contribution is -0.137. The Morgan fingerprint density at radius 3 is 2.63 bits per heavy atom. The van der Waals surface area contributed by atoms with Gasteiger partial charge in [-0.05, 0) is 42.8 Å². The van der Waals surface area contributed by atoms with Crippen molar-refractivity contribution >= 4 is 23.2 Å². The molecule has 0 radical (unpaired) electrons. The normalized spacial score (nSPS) is 11.3. The molecular formula is C18H14ClF3N4O. The first kappa shape index (κ1) is 18.8. The number of anilines is 1. The average molecular weight is 395 g/mol. The van der Waals surface area contributed by atoms with E-state index in [1.54, 1.807) is 12.1 Å². The van der Waals surface area contributed by atoms with Gasteiger partial charge in [0.1, 0.15) is 5.69 Å². The molecule has 3 rings (SSSR count). The molecule has 0 aliphatic carbocycles. The second kappa shape index (κ2) is 7.32. The van der Waals surface area contributed by atoms with Crippen molar-refractivity contribution in [1.29, 1.82) is 0 Å². The standard InChI is InChI=1S/C18H14ClF3N4O/c1-11-4-2-5-13(8-11)24-25-17(27)15-6-3-7-26(15)16-14(19)9-12(10-23-16)18(20,21)22/h2-10,24H,1H3,(H,25,27). The Labute approximate surface area is 157 Å². The molecule has 0 fully saturated rings. The molecule has 1 aromatic carbocycles. The van der Waals surface area contributed by atoms with Gasteiger partial charge in [-0.15, -0.1) is 0 Å². The lowest BCUT2D eigenvalue weighted by Crippen LogP contribution is -2.31. The summed E-state index contributed by atoms with van der Waals surface area (Å²) in [6.45, 7) is 1.91. The molecule has 0 aliphatic rings. The van der Waals surface area contributed by atoms with E-state index in [9.17, 15) is 18.0 Å². The Bertz CT molecular complexity index is 985. The van der Waals surface area contributed by atoms with Gasteiger partial charge in [-0.1, -0.05) is 23.7 Å². The molecule has 0 saturated heterocycles. The number of alkyl halides is 3. The van der Waals surface area contributed by atoms with Crippen LogP contribution in [0.15, 0.2) is 54.9 Å². The number of hydrazine groups is 1. The molecule has 140 valence electrons. The van der Waals surface area contributed by atoms with Gasteiger partial charge in [0.15, 0.2) is 5.82 Å². The predicted molar refractivity (Wildman–Crippen MR) is 95.8 cm³/mol. The molecule has 3 aromatic rings. The number of halogens is 4. The van der Waals surface area contributed by atoms with E-state index in [0.29, 0.717) is 11.9 Å². The molecule has 2 aromatic heterocycles. The zero-order chi connectivity index (χ0) is 19.6. The van der Waals surface area contributed by atoms with E-state index in [1.165, 1.54) is 16.8 Å². The van der Waals surface area contributed by atoms with Crippen molar-refractivity contribution in [3.05, 3.63) is 76.7 Å². The van der Waals surface area contributed by atoms with E-state index in [-0.39, 0.29) is 16.5 Å². The maximum absolute atomic E-state index is 12.8. The van der Waals surface area contributed by atoms with Gasteiger partial charge in [-0.2, -0.15) is 13.2 Å². The van der Waals surface area contributed by atoms with Gasteiger partial charge >= 0.3 is 6.18 Å². The highest BCUT2D eigenvalue weighted by molar-refractivity contribution is 6.32. The summed E-state index contributed by atoms with van der Waals surface area (Å²) in [5.41, 5.74) is 6.21. The molecular weight excluding hydrogens is 381 g/mol. The van der Waals surface area contributed by atoms with E-state index >= 15 is 0 Å². The number of hydrogen-bond acceptors (Lipinski definition) is 3. The van der Waals surface area contributed by atoms with Crippen molar-refractivity contribution in [3.8, 4) is 5.82 Å². The molecule has 2 heterocycles. The Hall–Kier alpha value is -3.00. The van der Waals surface area contributed by atoms with Crippen molar-refractivity contribution in [1.82, 2.24) is 15.0 Å². The number of carbonyl (C=O) groups is 1. The summed E-state index contributed by atoms with van der Waals surface area (Å²) in [5.74, 6) is -0.477. The minimum atomic E-state index is -4.55. The van der Waals surface area contributed by atoms with E-state index < -0.39 is 17.6 Å². The molecule has 5 nitrogen and oxygen atoms in total. The second-order valence-corrected chi connectivity index (χ2v) is 6.15. The summed E-state index contributed by atoms with van der Waals surface area (Å²) in [4.78, 5) is 16.2. The van der Waals surface area contributed by atoms with Crippen LogP contribution in [0.4, 0.5) is 18.9 Å². The summed E-state index contributed by atoms with van der Waals surface area (Å²) in [6, 6.07) is 11.2. The zero-order valence-corrected chi connectivity index (χ0v) is 14.8. The highest BCUT2D eigenvalue weighted by atomic mass is 35.5. The molecule has 0 bridgehead atoms. The van der Waals surface area contributed by atoms with E-state index in [4.69, 9.17) is 11.6 Å². The Balaban J connectivity index is 1.82. The van der Waals surface area contributed by atoms with Gasteiger partial charge in [0, 0.05) is 12.4 Å². The van der Waals surface area contributed by atoms with E-state index in [0.717, 1.165) is 11.6 Å². The Morgan fingerprint density at radius 1 is 1.19 bits per heavy atom. The predicted octanol–water partition coefficient (Wildman–Crippen LogP) is 4.61. The number of benzene rings is 1. The van der Waals surface area contributed by atoms with Gasteiger partial charge < -0.3 is 0 Å². The third kappa shape index (κ3) is 4.22. The summed E-state index contributed by atoms with van der Waals surface area (Å²) < 4.78 is 39.6. The van der Waals surface area contributed by atoms with Crippen LogP contribution in [0, 0.1) is 6.92 Å². The Kier molecular flexibility index (Phi) is 5.09. The summed E-state index contributed by atoms with van der Waals surface area (Å²) in [6.07, 6.45) is -2.39. The number of nitrogens with zero attached hydrogens (tertiary/aromatic N) is 2. The lowest BCUT2D eigenvalue weighted by Gasteiger charge is -2.13. The second-order valence-electron chi connectivity index (χ2n) is 5.74. The summed E-state index contributed by atoms with van der Waals surface area (Å²) in [5, 5.41) is -0.221. The number of aromatic nitrogens is 2. The van der Waals surface area contributed by atoms with Crippen molar-refractivity contribution in [3.63, 3.8) is 0 Å². The number of amides is 1. The van der Waals surface area contributed by atoms with Crippen LogP contribution < -0.4 is 10.9 Å². The SMILES string of the molecule is Cc1cccc(NNC(=O)c2cccn2-c2ncc(C(F)(F)F)cc2Cl)c1.